The Balaban J connectivity index is 1.73. The van der Waals surface area contributed by atoms with Gasteiger partial charge >= 0.3 is 0 Å². The SMILES string of the molecule is Cc1nn(CCO)c(NCc2cnc(-c3ccccn3)s2)c1C. The van der Waals surface area contributed by atoms with Gasteiger partial charge in [-0.15, -0.1) is 11.3 Å². The van der Waals surface area contributed by atoms with Gasteiger partial charge in [0.15, 0.2) is 0 Å². The number of hydrogen-bond donors (Lipinski definition) is 2. The predicted molar refractivity (Wildman–Crippen MR) is 91.5 cm³/mol. The largest absolute Gasteiger partial charge is 0.394 e. The molecule has 0 fully saturated rings. The number of rotatable bonds is 6. The van der Waals surface area contributed by atoms with Crippen LogP contribution < -0.4 is 5.32 Å². The van der Waals surface area contributed by atoms with Crippen LogP contribution in [0.3, 0.4) is 0 Å². The van der Waals surface area contributed by atoms with E-state index in [1.54, 1.807) is 17.5 Å². The number of hydrogen-bond acceptors (Lipinski definition) is 6. The first kappa shape index (κ1) is 15.6. The summed E-state index contributed by atoms with van der Waals surface area (Å²) in [6.07, 6.45) is 3.64. The number of aryl methyl sites for hydroxylation is 1. The highest BCUT2D eigenvalue weighted by atomic mass is 32.1. The summed E-state index contributed by atoms with van der Waals surface area (Å²) >= 11 is 1.62. The van der Waals surface area contributed by atoms with E-state index in [0.29, 0.717) is 13.1 Å². The van der Waals surface area contributed by atoms with E-state index in [-0.39, 0.29) is 6.61 Å². The molecule has 0 aliphatic carbocycles. The quantitative estimate of drug-likeness (QED) is 0.727. The Morgan fingerprint density at radius 1 is 1.26 bits per heavy atom. The molecule has 0 unspecified atom stereocenters. The first-order chi connectivity index (χ1) is 11.2. The molecule has 3 rings (SSSR count). The van der Waals surface area contributed by atoms with Gasteiger partial charge in [-0.2, -0.15) is 5.10 Å². The van der Waals surface area contributed by atoms with Gasteiger partial charge in [0, 0.05) is 22.8 Å². The van der Waals surface area contributed by atoms with Gasteiger partial charge in [0.05, 0.1) is 31.1 Å². The Labute approximate surface area is 138 Å². The lowest BCUT2D eigenvalue weighted by atomic mass is 10.3. The van der Waals surface area contributed by atoms with Gasteiger partial charge in [0.2, 0.25) is 0 Å². The standard InChI is InChI=1S/C16H19N5OS/c1-11-12(2)20-21(7-8-22)15(11)18-9-13-10-19-16(23-13)14-5-3-4-6-17-14/h3-6,10,18,22H,7-9H2,1-2H3. The Bertz CT molecular complexity index is 781. The van der Waals surface area contributed by atoms with Crippen LogP contribution >= 0.6 is 11.3 Å². The van der Waals surface area contributed by atoms with Crippen LogP contribution in [-0.2, 0) is 13.1 Å². The molecule has 23 heavy (non-hydrogen) atoms. The molecule has 6 nitrogen and oxygen atoms in total. The smallest absolute Gasteiger partial charge is 0.142 e. The summed E-state index contributed by atoms with van der Waals surface area (Å²) in [6.45, 7) is 5.23. The van der Waals surface area contributed by atoms with Gasteiger partial charge < -0.3 is 10.4 Å². The fraction of sp³-hybridized carbons (Fsp3) is 0.312. The van der Waals surface area contributed by atoms with Crippen molar-refractivity contribution in [2.45, 2.75) is 26.9 Å². The van der Waals surface area contributed by atoms with Crippen molar-refractivity contribution in [3.8, 4) is 10.7 Å². The van der Waals surface area contributed by atoms with Crippen molar-refractivity contribution in [1.82, 2.24) is 19.7 Å². The Morgan fingerprint density at radius 2 is 2.13 bits per heavy atom. The molecule has 0 saturated heterocycles. The van der Waals surface area contributed by atoms with Gasteiger partial charge in [0.1, 0.15) is 10.8 Å². The lowest BCUT2D eigenvalue weighted by molar-refractivity contribution is 0.270. The minimum absolute atomic E-state index is 0.0691. The zero-order valence-corrected chi connectivity index (χ0v) is 14.0. The van der Waals surface area contributed by atoms with Crippen LogP contribution in [-0.4, -0.2) is 31.5 Å². The Morgan fingerprint density at radius 3 is 2.87 bits per heavy atom. The third-order valence-electron chi connectivity index (χ3n) is 3.61. The Kier molecular flexibility index (Phi) is 4.68. The maximum Gasteiger partial charge on any atom is 0.142 e. The highest BCUT2D eigenvalue weighted by Crippen LogP contribution is 2.25. The summed E-state index contributed by atoms with van der Waals surface area (Å²) < 4.78 is 1.81. The summed E-state index contributed by atoms with van der Waals surface area (Å²) in [5, 5.41) is 17.9. The van der Waals surface area contributed by atoms with Crippen molar-refractivity contribution in [2.75, 3.05) is 11.9 Å². The van der Waals surface area contributed by atoms with Crippen LogP contribution in [0.15, 0.2) is 30.6 Å². The molecule has 7 heteroatoms. The van der Waals surface area contributed by atoms with Gasteiger partial charge in [-0.1, -0.05) is 6.07 Å². The van der Waals surface area contributed by atoms with Crippen molar-refractivity contribution in [1.29, 1.82) is 0 Å². The number of anilines is 1. The minimum atomic E-state index is 0.0691. The molecule has 2 N–H and O–H groups in total. The van der Waals surface area contributed by atoms with Crippen LogP contribution in [0.2, 0.25) is 0 Å². The zero-order chi connectivity index (χ0) is 16.2. The number of thiazole rings is 1. The molecule has 0 spiro atoms. The van der Waals surface area contributed by atoms with Crippen LogP contribution in [0, 0.1) is 13.8 Å². The van der Waals surface area contributed by atoms with E-state index in [4.69, 9.17) is 5.11 Å². The van der Waals surface area contributed by atoms with Crippen LogP contribution in [0.4, 0.5) is 5.82 Å². The average molecular weight is 329 g/mol. The minimum Gasteiger partial charge on any atom is -0.394 e. The summed E-state index contributed by atoms with van der Waals surface area (Å²) in [5.41, 5.74) is 2.97. The van der Waals surface area contributed by atoms with Crippen LogP contribution in [0.1, 0.15) is 16.1 Å². The molecular formula is C16H19N5OS. The van der Waals surface area contributed by atoms with E-state index in [2.05, 4.69) is 20.4 Å². The first-order valence-electron chi connectivity index (χ1n) is 7.44. The molecule has 3 aromatic heterocycles. The van der Waals surface area contributed by atoms with Crippen molar-refractivity contribution in [3.05, 3.63) is 46.7 Å². The summed E-state index contributed by atoms with van der Waals surface area (Å²) in [4.78, 5) is 9.89. The maximum atomic E-state index is 9.16. The molecule has 0 aliphatic heterocycles. The number of aliphatic hydroxyl groups is 1. The van der Waals surface area contributed by atoms with Gasteiger partial charge in [-0.3, -0.25) is 4.98 Å². The van der Waals surface area contributed by atoms with E-state index < -0.39 is 0 Å². The van der Waals surface area contributed by atoms with E-state index >= 15 is 0 Å². The van der Waals surface area contributed by atoms with Crippen LogP contribution in [0.25, 0.3) is 10.7 Å². The van der Waals surface area contributed by atoms with Gasteiger partial charge in [-0.25, -0.2) is 9.67 Å². The molecule has 0 bridgehead atoms. The number of nitrogens with zero attached hydrogens (tertiary/aromatic N) is 4. The first-order valence-corrected chi connectivity index (χ1v) is 8.25. The number of aromatic nitrogens is 4. The second-order valence-electron chi connectivity index (χ2n) is 5.21. The van der Waals surface area contributed by atoms with Crippen molar-refractivity contribution in [2.24, 2.45) is 0 Å². The van der Waals surface area contributed by atoms with E-state index in [0.717, 1.165) is 32.7 Å². The maximum absolute atomic E-state index is 9.16. The van der Waals surface area contributed by atoms with Gasteiger partial charge in [-0.05, 0) is 26.0 Å². The molecule has 3 aromatic rings. The molecule has 0 atom stereocenters. The van der Waals surface area contributed by atoms with Crippen molar-refractivity contribution >= 4 is 17.2 Å². The fourth-order valence-electron chi connectivity index (χ4n) is 2.32. The molecule has 0 amide bonds. The molecule has 120 valence electrons. The van der Waals surface area contributed by atoms with E-state index in [1.807, 2.05) is 42.9 Å². The predicted octanol–water partition coefficient (Wildman–Crippen LogP) is 2.62. The van der Waals surface area contributed by atoms with Crippen molar-refractivity contribution in [3.63, 3.8) is 0 Å². The number of pyridine rings is 1. The molecule has 0 aliphatic rings. The normalized spacial score (nSPS) is 10.9. The summed E-state index contributed by atoms with van der Waals surface area (Å²) in [6, 6.07) is 5.81. The van der Waals surface area contributed by atoms with E-state index in [1.165, 1.54) is 0 Å². The highest BCUT2D eigenvalue weighted by Gasteiger charge is 2.12. The topological polar surface area (TPSA) is 75.9 Å². The molecular weight excluding hydrogens is 310 g/mol. The Hall–Kier alpha value is -2.25. The summed E-state index contributed by atoms with van der Waals surface area (Å²) in [7, 11) is 0. The average Bonchev–Trinajstić information content (AvgIpc) is 3.13. The molecule has 0 radical (unpaired) electrons. The van der Waals surface area contributed by atoms with E-state index in [9.17, 15) is 0 Å². The lowest BCUT2D eigenvalue weighted by Crippen LogP contribution is -2.10. The third kappa shape index (κ3) is 3.40. The summed E-state index contributed by atoms with van der Waals surface area (Å²) in [5.74, 6) is 0.948. The highest BCUT2D eigenvalue weighted by molar-refractivity contribution is 7.15. The third-order valence-corrected chi connectivity index (χ3v) is 4.63. The van der Waals surface area contributed by atoms with Gasteiger partial charge in [0.25, 0.3) is 0 Å². The lowest BCUT2D eigenvalue weighted by Gasteiger charge is -2.08. The molecule has 3 heterocycles. The fourth-order valence-corrected chi connectivity index (χ4v) is 3.15. The zero-order valence-electron chi connectivity index (χ0n) is 13.2. The molecule has 0 aromatic carbocycles. The van der Waals surface area contributed by atoms with Crippen molar-refractivity contribution < 1.29 is 5.11 Å². The second-order valence-corrected chi connectivity index (χ2v) is 6.32. The molecule has 0 saturated carbocycles. The monoisotopic (exact) mass is 329 g/mol. The second kappa shape index (κ2) is 6.89. The number of nitrogens with one attached hydrogen (secondary N) is 1. The number of aliphatic hydroxyl groups excluding tert-OH is 1. The van der Waals surface area contributed by atoms with Crippen LogP contribution in [0.5, 0.6) is 0 Å².